The fraction of sp³-hybridized carbons (Fsp3) is 0.357. The number of para-hydroxylation sites is 1. The molecule has 0 bridgehead atoms. The van der Waals surface area contributed by atoms with Gasteiger partial charge in [0.15, 0.2) is 0 Å². The second-order valence-electron chi connectivity index (χ2n) is 9.84. The van der Waals surface area contributed by atoms with E-state index in [1.54, 1.807) is 31.4 Å². The minimum Gasteiger partial charge on any atom is -0.496 e. The van der Waals surface area contributed by atoms with Crippen molar-refractivity contribution in [1.82, 2.24) is 9.47 Å². The van der Waals surface area contributed by atoms with Crippen molar-refractivity contribution in [1.29, 1.82) is 0 Å². The van der Waals surface area contributed by atoms with E-state index in [1.807, 2.05) is 29.2 Å². The van der Waals surface area contributed by atoms with Gasteiger partial charge in [-0.15, -0.1) is 0 Å². The highest BCUT2D eigenvalue weighted by Crippen LogP contribution is 2.55. The van der Waals surface area contributed by atoms with Crippen molar-refractivity contribution in [3.05, 3.63) is 73.1 Å². The van der Waals surface area contributed by atoms with E-state index in [-0.39, 0.29) is 29.1 Å². The number of halogens is 1. The van der Waals surface area contributed by atoms with Crippen molar-refractivity contribution in [3.63, 3.8) is 0 Å². The van der Waals surface area contributed by atoms with E-state index in [1.165, 1.54) is 21.2 Å². The van der Waals surface area contributed by atoms with Gasteiger partial charge < -0.3 is 9.64 Å². The number of aromatic nitrogens is 1. The Morgan fingerprint density at radius 3 is 2.44 bits per heavy atom. The molecule has 0 saturated carbocycles. The zero-order valence-electron chi connectivity index (χ0n) is 21.2. The summed E-state index contributed by atoms with van der Waals surface area (Å²) < 4.78 is 8.01. The molecule has 2 aromatic carbocycles. The minimum absolute atomic E-state index is 0.0771. The van der Waals surface area contributed by atoms with Gasteiger partial charge in [0.1, 0.15) is 17.5 Å². The molecule has 0 aliphatic carbocycles. The maximum Gasteiger partial charge on any atom is 0.308 e. The Morgan fingerprint density at radius 1 is 1.00 bits per heavy atom. The van der Waals surface area contributed by atoms with Crippen LogP contribution >= 0.6 is 39.0 Å². The predicted octanol–water partition coefficient (Wildman–Crippen LogP) is 4.49. The van der Waals surface area contributed by atoms with E-state index in [9.17, 15) is 19.2 Å². The topological polar surface area (TPSA) is 88.9 Å². The molecule has 6 rings (SSSR count). The molecule has 0 radical (unpaired) electrons. The van der Waals surface area contributed by atoms with Crippen molar-refractivity contribution >= 4 is 62.4 Å². The second kappa shape index (κ2) is 10.6. The first-order valence-corrected chi connectivity index (χ1v) is 15.3. The number of hydrogen-bond acceptors (Lipinski definition) is 7. The lowest BCUT2D eigenvalue weighted by Crippen LogP contribution is -2.39. The van der Waals surface area contributed by atoms with Crippen molar-refractivity contribution in [2.24, 2.45) is 5.92 Å². The Kier molecular flexibility index (Phi) is 7.15. The number of thiazole rings is 1. The van der Waals surface area contributed by atoms with Crippen LogP contribution in [-0.2, 0) is 20.9 Å². The zero-order valence-corrected chi connectivity index (χ0v) is 24.4. The van der Waals surface area contributed by atoms with Gasteiger partial charge in [0, 0.05) is 33.9 Å². The molecule has 0 N–H and O–H groups in total. The third-order valence-electron chi connectivity index (χ3n) is 7.61. The maximum absolute atomic E-state index is 14.0. The monoisotopic (exact) mass is 627 g/mol. The molecule has 39 heavy (non-hydrogen) atoms. The smallest absolute Gasteiger partial charge is 0.308 e. The van der Waals surface area contributed by atoms with Crippen LogP contribution in [0, 0.1) is 5.92 Å². The van der Waals surface area contributed by atoms with Crippen molar-refractivity contribution in [2.45, 2.75) is 42.0 Å². The van der Waals surface area contributed by atoms with Crippen molar-refractivity contribution in [3.8, 4) is 5.75 Å². The van der Waals surface area contributed by atoms with Crippen LogP contribution in [0.25, 0.3) is 0 Å². The molecule has 3 amide bonds. The van der Waals surface area contributed by atoms with E-state index in [0.29, 0.717) is 34.4 Å². The van der Waals surface area contributed by atoms with Gasteiger partial charge in [-0.25, -0.2) is 4.90 Å². The first-order valence-electron chi connectivity index (χ1n) is 12.8. The van der Waals surface area contributed by atoms with Gasteiger partial charge in [-0.05, 0) is 49.6 Å². The molecule has 2 saturated heterocycles. The number of carbonyl (C=O) groups excluding carboxylic acids is 3. The summed E-state index contributed by atoms with van der Waals surface area (Å²) in [6.07, 6.45) is 3.01. The van der Waals surface area contributed by atoms with Crippen LogP contribution < -0.4 is 14.5 Å². The van der Waals surface area contributed by atoms with Gasteiger partial charge in [0.2, 0.25) is 17.7 Å². The molecule has 8 nitrogen and oxygen atoms in total. The molecule has 3 atom stereocenters. The third-order valence-corrected chi connectivity index (χ3v) is 10.7. The molecule has 0 spiro atoms. The molecule has 2 fully saturated rings. The molecule has 3 aliphatic heterocycles. The fourth-order valence-electron chi connectivity index (χ4n) is 5.74. The molecule has 11 heteroatoms. The summed E-state index contributed by atoms with van der Waals surface area (Å²) in [7, 11) is 1.56. The first-order chi connectivity index (χ1) is 18.9. The number of carbonyl (C=O) groups is 3. The molecule has 1 aromatic heterocycles. The van der Waals surface area contributed by atoms with E-state index in [0.717, 1.165) is 40.6 Å². The molecular weight excluding hydrogens is 602 g/mol. The van der Waals surface area contributed by atoms with Gasteiger partial charge >= 0.3 is 4.87 Å². The number of hydrogen-bond donors (Lipinski definition) is 0. The lowest BCUT2D eigenvalue weighted by atomic mass is 9.82. The van der Waals surface area contributed by atoms with Crippen molar-refractivity contribution in [2.75, 3.05) is 25.1 Å². The Hall–Kier alpha value is -2.89. The highest BCUT2D eigenvalue weighted by Gasteiger charge is 2.57. The predicted molar refractivity (Wildman–Crippen MR) is 154 cm³/mol. The number of ether oxygens (including phenoxy) is 1. The number of thioether (sulfide) groups is 1. The summed E-state index contributed by atoms with van der Waals surface area (Å²) in [6, 6.07) is 14.5. The zero-order chi connectivity index (χ0) is 27.3. The molecule has 2 unspecified atom stereocenters. The number of methoxy groups -OCH3 is 1. The van der Waals surface area contributed by atoms with E-state index < -0.39 is 17.1 Å². The Balaban J connectivity index is 1.46. The average molecular weight is 629 g/mol. The van der Waals surface area contributed by atoms with Gasteiger partial charge in [0.25, 0.3) is 0 Å². The number of likely N-dealkylation sites (tertiary alicyclic amines) is 1. The first kappa shape index (κ1) is 26.3. The molecule has 202 valence electrons. The van der Waals surface area contributed by atoms with Crippen LogP contribution in [0.2, 0.25) is 0 Å². The summed E-state index contributed by atoms with van der Waals surface area (Å²) in [5.74, 6) is -1.44. The number of rotatable bonds is 5. The lowest BCUT2D eigenvalue weighted by Gasteiger charge is -2.32. The average Bonchev–Trinajstić information content (AvgIpc) is 3.40. The summed E-state index contributed by atoms with van der Waals surface area (Å²) in [5.41, 5.74) is 1.24. The van der Waals surface area contributed by atoms with Gasteiger partial charge in [-0.1, -0.05) is 57.2 Å². The van der Waals surface area contributed by atoms with Crippen molar-refractivity contribution < 1.29 is 19.1 Å². The molecular formula is C28H26BrN3O5S2. The fourth-order valence-corrected chi connectivity index (χ4v) is 8.77. The molecule has 3 aromatic rings. The summed E-state index contributed by atoms with van der Waals surface area (Å²) >= 11 is 5.69. The Bertz CT molecular complexity index is 1510. The minimum atomic E-state index is -0.742. The number of piperidine rings is 1. The lowest BCUT2D eigenvalue weighted by molar-refractivity contribution is -0.133. The van der Waals surface area contributed by atoms with Gasteiger partial charge in [-0.3, -0.25) is 23.7 Å². The summed E-state index contributed by atoms with van der Waals surface area (Å²) in [5, 5.41) is -0.153. The standard InChI is InChI=1S/C28H26BrN3O5S2/c1-37-19-8-4-3-7-18(19)21-22-23(26(35)32(25(22)34)17-11-9-16(29)10-12-17)38-27-24(21)39-28(36)31(27)15-20(33)30-13-5-2-6-14-30/h3-4,7-12,21-23H,2,5-6,13-15H2,1H3/t21-,22?,23?/m1/s1. The van der Waals surface area contributed by atoms with Gasteiger partial charge in [0.05, 0.1) is 23.7 Å². The summed E-state index contributed by atoms with van der Waals surface area (Å²) in [4.78, 5) is 57.9. The van der Waals surface area contributed by atoms with Crippen LogP contribution in [0.3, 0.4) is 0 Å². The van der Waals surface area contributed by atoms with Crippen LogP contribution in [0.1, 0.15) is 35.6 Å². The molecule has 4 heterocycles. The maximum atomic E-state index is 14.0. The van der Waals surface area contributed by atoms with E-state index in [2.05, 4.69) is 15.9 Å². The quantitative estimate of drug-likeness (QED) is 0.387. The highest BCUT2D eigenvalue weighted by molar-refractivity contribution is 9.10. The third kappa shape index (κ3) is 4.54. The van der Waals surface area contributed by atoms with Crippen LogP contribution in [-0.4, -0.2) is 52.6 Å². The van der Waals surface area contributed by atoms with E-state index in [4.69, 9.17) is 4.74 Å². The number of anilines is 1. The Labute approximate surface area is 242 Å². The number of amides is 3. The normalized spacial score (nSPS) is 22.6. The van der Waals surface area contributed by atoms with Gasteiger partial charge in [-0.2, -0.15) is 0 Å². The largest absolute Gasteiger partial charge is 0.496 e. The van der Waals surface area contributed by atoms with Crippen LogP contribution in [0.15, 0.2) is 62.8 Å². The number of nitrogens with zero attached hydrogens (tertiary/aromatic N) is 3. The number of imide groups is 1. The van der Waals surface area contributed by atoms with Crippen LogP contribution in [0.4, 0.5) is 5.69 Å². The number of benzene rings is 2. The van der Waals surface area contributed by atoms with E-state index >= 15 is 0 Å². The highest BCUT2D eigenvalue weighted by atomic mass is 79.9. The Morgan fingerprint density at radius 2 is 1.72 bits per heavy atom. The summed E-state index contributed by atoms with van der Waals surface area (Å²) in [6.45, 7) is 1.31. The second-order valence-corrected chi connectivity index (χ2v) is 12.9. The molecule has 3 aliphatic rings. The SMILES string of the molecule is COc1ccccc1[C@H]1c2sc(=O)n(CC(=O)N3CCCCC3)c2SC2C(=O)N(c3ccc(Br)cc3)C(=O)C21. The number of fused-ring (bicyclic) bond motifs is 2. The van der Waals surface area contributed by atoms with Crippen LogP contribution in [0.5, 0.6) is 5.75 Å².